The molecule has 1 amide bonds. The third-order valence-corrected chi connectivity index (χ3v) is 3.61. The number of non-ortho nitro benzene ring substituents is 1. The number of halogens is 2. The maximum Gasteiger partial charge on any atom is 0.269 e. The average Bonchev–Trinajstić information content (AvgIpc) is 2.46. The molecule has 2 aromatic rings. The smallest absolute Gasteiger partial charge is 0.269 e. The molecule has 1 N–H and O–H groups in total. The molecule has 0 radical (unpaired) electrons. The molecule has 5 nitrogen and oxygen atoms in total. The van der Waals surface area contributed by atoms with Crippen LogP contribution in [0.4, 0.5) is 5.69 Å². The van der Waals surface area contributed by atoms with Crippen LogP contribution in [0, 0.1) is 10.1 Å². The Bertz CT molecular complexity index is 698. The normalized spacial score (nSPS) is 10.3. The van der Waals surface area contributed by atoms with Crippen LogP contribution in [0.5, 0.6) is 0 Å². The second-order valence-electron chi connectivity index (χ2n) is 4.98. The van der Waals surface area contributed by atoms with Crippen molar-refractivity contribution < 1.29 is 9.72 Å². The maximum atomic E-state index is 11.9. The third-order valence-electron chi connectivity index (χ3n) is 3.17. The molecule has 120 valence electrons. The van der Waals surface area contributed by atoms with Gasteiger partial charge in [-0.2, -0.15) is 0 Å². The average molecular weight is 353 g/mol. The van der Waals surface area contributed by atoms with E-state index in [0.717, 1.165) is 11.1 Å². The molecule has 0 unspecified atom stereocenters. The Balaban J connectivity index is 1.81. The molecule has 0 fully saturated rings. The van der Waals surface area contributed by atoms with Crippen LogP contribution in [0.15, 0.2) is 42.5 Å². The van der Waals surface area contributed by atoms with E-state index in [9.17, 15) is 14.9 Å². The highest BCUT2D eigenvalue weighted by molar-refractivity contribution is 6.34. The summed E-state index contributed by atoms with van der Waals surface area (Å²) in [7, 11) is 0. The Hall–Kier alpha value is -2.11. The van der Waals surface area contributed by atoms with Crippen molar-refractivity contribution in [2.24, 2.45) is 0 Å². The van der Waals surface area contributed by atoms with Crippen molar-refractivity contribution in [2.75, 3.05) is 6.54 Å². The van der Waals surface area contributed by atoms with Gasteiger partial charge in [-0.25, -0.2) is 0 Å². The quantitative estimate of drug-likeness (QED) is 0.634. The van der Waals surface area contributed by atoms with Gasteiger partial charge in [0.2, 0.25) is 5.91 Å². The fourth-order valence-electron chi connectivity index (χ4n) is 2.08. The first-order valence-corrected chi connectivity index (χ1v) is 7.64. The van der Waals surface area contributed by atoms with Crippen LogP contribution in [-0.4, -0.2) is 17.4 Å². The summed E-state index contributed by atoms with van der Waals surface area (Å²) in [5, 5.41) is 14.5. The van der Waals surface area contributed by atoms with Crippen LogP contribution in [0.1, 0.15) is 11.1 Å². The molecule has 0 heterocycles. The van der Waals surface area contributed by atoms with Crippen molar-refractivity contribution in [1.82, 2.24) is 5.32 Å². The number of nitrogens with zero attached hydrogens (tertiary/aromatic N) is 1. The SMILES string of the molecule is O=C(Cc1ccc([N+](=O)[O-])cc1)NCCc1cc(Cl)cc(Cl)c1. The van der Waals surface area contributed by atoms with Crippen LogP contribution < -0.4 is 5.32 Å². The van der Waals surface area contributed by atoms with Crippen LogP contribution >= 0.6 is 23.2 Å². The monoisotopic (exact) mass is 352 g/mol. The zero-order valence-electron chi connectivity index (χ0n) is 12.1. The maximum absolute atomic E-state index is 11.9. The number of nitrogens with one attached hydrogen (secondary N) is 1. The zero-order chi connectivity index (χ0) is 16.8. The van der Waals surface area contributed by atoms with E-state index in [-0.39, 0.29) is 18.0 Å². The molecular weight excluding hydrogens is 339 g/mol. The Morgan fingerprint density at radius 3 is 2.22 bits per heavy atom. The lowest BCUT2D eigenvalue weighted by Crippen LogP contribution is -2.27. The highest BCUT2D eigenvalue weighted by Gasteiger charge is 2.07. The highest BCUT2D eigenvalue weighted by Crippen LogP contribution is 2.19. The predicted octanol–water partition coefficient (Wildman–Crippen LogP) is 3.80. The standard InChI is InChI=1S/C16H14Cl2N2O3/c17-13-7-12(8-14(18)10-13)5-6-19-16(21)9-11-1-3-15(4-2-11)20(22)23/h1-4,7-8,10H,5-6,9H2,(H,19,21). The summed E-state index contributed by atoms with van der Waals surface area (Å²) in [6, 6.07) is 11.2. The van der Waals surface area contributed by atoms with Gasteiger partial charge in [-0.15, -0.1) is 0 Å². The van der Waals surface area contributed by atoms with E-state index in [4.69, 9.17) is 23.2 Å². The molecule has 0 aliphatic rings. The summed E-state index contributed by atoms with van der Waals surface area (Å²) < 4.78 is 0. The Kier molecular flexibility index (Phi) is 5.96. The summed E-state index contributed by atoms with van der Waals surface area (Å²) in [6.45, 7) is 0.461. The van der Waals surface area contributed by atoms with E-state index in [1.165, 1.54) is 12.1 Å². The molecule has 0 saturated carbocycles. The number of hydrogen-bond acceptors (Lipinski definition) is 3. The molecule has 0 atom stereocenters. The molecule has 7 heteroatoms. The number of nitro groups is 1. The summed E-state index contributed by atoms with van der Waals surface area (Å²) in [5.74, 6) is -0.146. The minimum atomic E-state index is -0.472. The third kappa shape index (κ3) is 5.54. The lowest BCUT2D eigenvalue weighted by atomic mass is 10.1. The molecule has 0 saturated heterocycles. The van der Waals surface area contributed by atoms with Crippen LogP contribution in [-0.2, 0) is 17.6 Å². The molecule has 0 aliphatic heterocycles. The minimum Gasteiger partial charge on any atom is -0.355 e. The van der Waals surface area contributed by atoms with Crippen molar-refractivity contribution in [1.29, 1.82) is 0 Å². The summed E-state index contributed by atoms with van der Waals surface area (Å²) in [6.07, 6.45) is 0.792. The molecule has 0 spiro atoms. The van der Waals surface area contributed by atoms with E-state index in [1.807, 2.05) is 0 Å². The first-order chi connectivity index (χ1) is 10.9. The van der Waals surface area contributed by atoms with Gasteiger partial charge in [-0.3, -0.25) is 14.9 Å². The van der Waals surface area contributed by atoms with Gasteiger partial charge >= 0.3 is 0 Å². The summed E-state index contributed by atoms with van der Waals surface area (Å²) in [4.78, 5) is 22.0. The number of benzene rings is 2. The number of amides is 1. The first kappa shape index (κ1) is 17.2. The van der Waals surface area contributed by atoms with Crippen molar-refractivity contribution in [3.63, 3.8) is 0 Å². The Labute approximate surface area is 143 Å². The van der Waals surface area contributed by atoms with Gasteiger partial charge in [0, 0.05) is 28.7 Å². The lowest BCUT2D eigenvalue weighted by molar-refractivity contribution is -0.384. The number of rotatable bonds is 6. The van der Waals surface area contributed by atoms with Crippen LogP contribution in [0.2, 0.25) is 10.0 Å². The van der Waals surface area contributed by atoms with Gasteiger partial charge in [-0.05, 0) is 35.7 Å². The fourth-order valence-corrected chi connectivity index (χ4v) is 2.66. The number of carbonyl (C=O) groups excluding carboxylic acids is 1. The number of nitro benzene ring substituents is 1. The second kappa shape index (κ2) is 7.94. The Morgan fingerprint density at radius 2 is 1.65 bits per heavy atom. The molecule has 0 aliphatic carbocycles. The van der Waals surface area contributed by atoms with Crippen molar-refractivity contribution in [3.8, 4) is 0 Å². The van der Waals surface area contributed by atoms with E-state index >= 15 is 0 Å². The van der Waals surface area contributed by atoms with Crippen LogP contribution in [0.25, 0.3) is 0 Å². The molecule has 0 bridgehead atoms. The van der Waals surface area contributed by atoms with Crippen LogP contribution in [0.3, 0.4) is 0 Å². The van der Waals surface area contributed by atoms with Gasteiger partial charge in [0.05, 0.1) is 11.3 Å². The van der Waals surface area contributed by atoms with E-state index in [2.05, 4.69) is 5.32 Å². The molecular formula is C16H14Cl2N2O3. The van der Waals surface area contributed by atoms with E-state index in [0.29, 0.717) is 23.0 Å². The zero-order valence-corrected chi connectivity index (χ0v) is 13.6. The first-order valence-electron chi connectivity index (χ1n) is 6.89. The molecule has 2 aromatic carbocycles. The van der Waals surface area contributed by atoms with Gasteiger partial charge in [-0.1, -0.05) is 35.3 Å². The van der Waals surface area contributed by atoms with Gasteiger partial charge in [0.25, 0.3) is 5.69 Å². The van der Waals surface area contributed by atoms with E-state index < -0.39 is 4.92 Å². The van der Waals surface area contributed by atoms with Gasteiger partial charge in [0.15, 0.2) is 0 Å². The predicted molar refractivity (Wildman–Crippen MR) is 90.0 cm³/mol. The summed E-state index contributed by atoms with van der Waals surface area (Å²) in [5.41, 5.74) is 1.67. The highest BCUT2D eigenvalue weighted by atomic mass is 35.5. The van der Waals surface area contributed by atoms with Crippen molar-refractivity contribution in [2.45, 2.75) is 12.8 Å². The topological polar surface area (TPSA) is 72.2 Å². The lowest BCUT2D eigenvalue weighted by Gasteiger charge is -2.06. The fraction of sp³-hybridized carbons (Fsp3) is 0.188. The van der Waals surface area contributed by atoms with Crippen molar-refractivity contribution >= 4 is 34.8 Å². The molecule has 0 aromatic heterocycles. The second-order valence-corrected chi connectivity index (χ2v) is 5.85. The van der Waals surface area contributed by atoms with Gasteiger partial charge in [0.1, 0.15) is 0 Å². The molecule has 2 rings (SSSR count). The van der Waals surface area contributed by atoms with Gasteiger partial charge < -0.3 is 5.32 Å². The molecule has 23 heavy (non-hydrogen) atoms. The van der Waals surface area contributed by atoms with E-state index in [1.54, 1.807) is 30.3 Å². The largest absolute Gasteiger partial charge is 0.355 e. The minimum absolute atomic E-state index is 0.00648. The summed E-state index contributed by atoms with van der Waals surface area (Å²) >= 11 is 11.8. The Morgan fingerprint density at radius 1 is 1.04 bits per heavy atom. The number of carbonyl (C=O) groups is 1. The van der Waals surface area contributed by atoms with Crippen molar-refractivity contribution in [3.05, 3.63) is 73.8 Å². The number of hydrogen-bond donors (Lipinski definition) is 1.